The fourth-order valence-corrected chi connectivity index (χ4v) is 3.28. The Hall–Kier alpha value is -3.28. The maximum absolute atomic E-state index is 13.4. The highest BCUT2D eigenvalue weighted by molar-refractivity contribution is 5.99. The molecule has 0 N–H and O–H groups in total. The molecule has 0 aliphatic heterocycles. The number of halogens is 1. The van der Waals surface area contributed by atoms with Crippen LogP contribution in [0.4, 0.5) is 4.39 Å². The van der Waals surface area contributed by atoms with Crippen molar-refractivity contribution in [1.29, 1.82) is 0 Å². The van der Waals surface area contributed by atoms with Gasteiger partial charge in [-0.1, -0.05) is 0 Å². The Bertz CT molecular complexity index is 1120. The summed E-state index contributed by atoms with van der Waals surface area (Å²) in [5, 5.41) is 5.36. The van der Waals surface area contributed by atoms with E-state index < -0.39 is 0 Å². The zero-order chi connectivity index (χ0) is 19.0. The standard InChI is InChI=1S/C21H19FN4O/c1-4-26-21-17(12-24-26)18(15-9-13(2)10-23-11-15)20(27-3)19(25-21)14-5-7-16(22)8-6-14/h5-12H,4H2,1-3H3. The summed E-state index contributed by atoms with van der Waals surface area (Å²) in [6.07, 6.45) is 5.42. The van der Waals surface area contributed by atoms with Crippen molar-refractivity contribution in [3.63, 3.8) is 0 Å². The highest BCUT2D eigenvalue weighted by Gasteiger charge is 2.21. The second-order valence-corrected chi connectivity index (χ2v) is 6.32. The van der Waals surface area contributed by atoms with Crippen LogP contribution in [0.5, 0.6) is 5.75 Å². The minimum Gasteiger partial charge on any atom is -0.494 e. The van der Waals surface area contributed by atoms with Crippen LogP contribution in [0.25, 0.3) is 33.4 Å². The number of methoxy groups -OCH3 is 1. The van der Waals surface area contributed by atoms with Gasteiger partial charge in [0.15, 0.2) is 11.4 Å². The van der Waals surface area contributed by atoms with Gasteiger partial charge in [0.1, 0.15) is 11.5 Å². The summed E-state index contributed by atoms with van der Waals surface area (Å²) >= 11 is 0. The smallest absolute Gasteiger partial charge is 0.159 e. The van der Waals surface area contributed by atoms with E-state index in [0.717, 1.165) is 33.3 Å². The van der Waals surface area contributed by atoms with Gasteiger partial charge in [0.05, 0.1) is 18.7 Å². The van der Waals surface area contributed by atoms with Gasteiger partial charge in [-0.3, -0.25) is 4.98 Å². The Morgan fingerprint density at radius 1 is 1.07 bits per heavy atom. The first-order chi connectivity index (χ1) is 13.1. The molecule has 1 aromatic carbocycles. The van der Waals surface area contributed by atoms with Gasteiger partial charge in [-0.25, -0.2) is 14.1 Å². The SMILES string of the molecule is CCn1ncc2c(-c3cncc(C)c3)c(OC)c(-c3ccc(F)cc3)nc21. The van der Waals surface area contributed by atoms with Gasteiger partial charge in [0.2, 0.25) is 0 Å². The molecule has 5 nitrogen and oxygen atoms in total. The van der Waals surface area contributed by atoms with E-state index in [2.05, 4.69) is 16.1 Å². The van der Waals surface area contributed by atoms with E-state index in [9.17, 15) is 4.39 Å². The van der Waals surface area contributed by atoms with Crippen LogP contribution in [-0.4, -0.2) is 26.9 Å². The number of ether oxygens (including phenoxy) is 1. The van der Waals surface area contributed by atoms with E-state index in [1.165, 1.54) is 12.1 Å². The van der Waals surface area contributed by atoms with Crippen molar-refractivity contribution < 1.29 is 9.13 Å². The quantitative estimate of drug-likeness (QED) is 0.531. The predicted octanol–water partition coefficient (Wildman–Crippen LogP) is 4.64. The Balaban J connectivity index is 2.11. The summed E-state index contributed by atoms with van der Waals surface area (Å²) in [5.74, 6) is 0.331. The van der Waals surface area contributed by atoms with Crippen molar-refractivity contribution in [2.45, 2.75) is 20.4 Å². The van der Waals surface area contributed by atoms with Crippen LogP contribution in [-0.2, 0) is 6.54 Å². The number of aryl methyl sites for hydroxylation is 2. The summed E-state index contributed by atoms with van der Waals surface area (Å²) < 4.78 is 21.0. The summed E-state index contributed by atoms with van der Waals surface area (Å²) in [5.41, 5.74) is 5.05. The third kappa shape index (κ3) is 2.93. The molecule has 3 aromatic heterocycles. The molecule has 0 aliphatic rings. The molecule has 0 atom stereocenters. The summed E-state index contributed by atoms with van der Waals surface area (Å²) in [6, 6.07) is 8.31. The topological polar surface area (TPSA) is 52.8 Å². The van der Waals surface area contributed by atoms with E-state index in [1.807, 2.05) is 30.9 Å². The number of pyridine rings is 2. The van der Waals surface area contributed by atoms with Gasteiger partial charge < -0.3 is 4.74 Å². The van der Waals surface area contributed by atoms with Crippen LogP contribution in [0, 0.1) is 12.7 Å². The molecule has 4 rings (SSSR count). The fourth-order valence-electron chi connectivity index (χ4n) is 3.28. The molecular weight excluding hydrogens is 343 g/mol. The Kier molecular flexibility index (Phi) is 4.32. The molecule has 136 valence electrons. The Labute approximate surface area is 156 Å². The Morgan fingerprint density at radius 2 is 1.85 bits per heavy atom. The van der Waals surface area contributed by atoms with Crippen LogP contribution < -0.4 is 4.74 Å². The summed E-state index contributed by atoms with van der Waals surface area (Å²) in [4.78, 5) is 9.15. The number of fused-ring (bicyclic) bond motifs is 1. The van der Waals surface area contributed by atoms with Crippen LogP contribution >= 0.6 is 0 Å². The van der Waals surface area contributed by atoms with Crippen molar-refractivity contribution in [2.75, 3.05) is 7.11 Å². The van der Waals surface area contributed by atoms with Crippen molar-refractivity contribution >= 4 is 11.0 Å². The highest BCUT2D eigenvalue weighted by atomic mass is 19.1. The first kappa shape index (κ1) is 17.1. The maximum Gasteiger partial charge on any atom is 0.159 e. The van der Waals surface area contributed by atoms with Gasteiger partial charge in [0, 0.05) is 35.6 Å². The maximum atomic E-state index is 13.4. The first-order valence-corrected chi connectivity index (χ1v) is 8.73. The lowest BCUT2D eigenvalue weighted by atomic mass is 9.99. The molecule has 4 aromatic rings. The summed E-state index contributed by atoms with van der Waals surface area (Å²) in [6.45, 7) is 4.71. The van der Waals surface area contributed by atoms with Gasteiger partial charge in [0.25, 0.3) is 0 Å². The fraction of sp³-hybridized carbons (Fsp3) is 0.190. The second kappa shape index (κ2) is 6.79. The molecule has 0 spiro atoms. The third-order valence-corrected chi connectivity index (χ3v) is 4.53. The molecule has 3 heterocycles. The monoisotopic (exact) mass is 362 g/mol. The molecule has 0 fully saturated rings. The number of nitrogens with zero attached hydrogens (tertiary/aromatic N) is 4. The average molecular weight is 362 g/mol. The minimum atomic E-state index is -0.291. The van der Waals surface area contributed by atoms with Crippen LogP contribution in [0.3, 0.4) is 0 Å². The molecule has 0 saturated carbocycles. The lowest BCUT2D eigenvalue weighted by Crippen LogP contribution is -2.01. The zero-order valence-corrected chi connectivity index (χ0v) is 15.4. The number of hydrogen-bond donors (Lipinski definition) is 0. The van der Waals surface area contributed by atoms with Crippen LogP contribution in [0.2, 0.25) is 0 Å². The predicted molar refractivity (Wildman–Crippen MR) is 103 cm³/mol. The van der Waals surface area contributed by atoms with Crippen LogP contribution in [0.15, 0.2) is 48.9 Å². The van der Waals surface area contributed by atoms with Crippen molar-refractivity contribution in [3.8, 4) is 28.1 Å². The molecule has 0 saturated heterocycles. The van der Waals surface area contributed by atoms with E-state index in [-0.39, 0.29) is 5.82 Å². The molecule has 0 radical (unpaired) electrons. The summed E-state index contributed by atoms with van der Waals surface area (Å²) in [7, 11) is 1.62. The van der Waals surface area contributed by atoms with Gasteiger partial charge in [-0.2, -0.15) is 5.10 Å². The third-order valence-electron chi connectivity index (χ3n) is 4.53. The Morgan fingerprint density at radius 3 is 2.52 bits per heavy atom. The lowest BCUT2D eigenvalue weighted by Gasteiger charge is -2.15. The number of aromatic nitrogens is 4. The molecule has 6 heteroatoms. The number of hydrogen-bond acceptors (Lipinski definition) is 4. The first-order valence-electron chi connectivity index (χ1n) is 8.73. The van der Waals surface area contributed by atoms with Gasteiger partial charge >= 0.3 is 0 Å². The molecule has 0 bridgehead atoms. The van der Waals surface area contributed by atoms with Crippen LogP contribution in [0.1, 0.15) is 12.5 Å². The molecule has 0 unspecified atom stereocenters. The van der Waals surface area contributed by atoms with E-state index in [1.54, 1.807) is 25.4 Å². The van der Waals surface area contributed by atoms with Crippen molar-refractivity contribution in [3.05, 3.63) is 60.3 Å². The highest BCUT2D eigenvalue weighted by Crippen LogP contribution is 2.42. The molecular formula is C21H19FN4O. The minimum absolute atomic E-state index is 0.291. The molecule has 0 aliphatic carbocycles. The largest absolute Gasteiger partial charge is 0.494 e. The van der Waals surface area contributed by atoms with E-state index >= 15 is 0 Å². The van der Waals surface area contributed by atoms with E-state index in [4.69, 9.17) is 9.72 Å². The van der Waals surface area contributed by atoms with Gasteiger partial charge in [-0.15, -0.1) is 0 Å². The average Bonchev–Trinajstić information content (AvgIpc) is 3.09. The second-order valence-electron chi connectivity index (χ2n) is 6.32. The number of rotatable bonds is 4. The number of benzene rings is 1. The van der Waals surface area contributed by atoms with Crippen molar-refractivity contribution in [2.24, 2.45) is 0 Å². The lowest BCUT2D eigenvalue weighted by molar-refractivity contribution is 0.417. The normalized spacial score (nSPS) is 11.1. The van der Waals surface area contributed by atoms with Gasteiger partial charge in [-0.05, 0) is 49.7 Å². The molecule has 27 heavy (non-hydrogen) atoms. The van der Waals surface area contributed by atoms with Crippen molar-refractivity contribution in [1.82, 2.24) is 19.7 Å². The molecule has 0 amide bonds. The zero-order valence-electron chi connectivity index (χ0n) is 15.4. The van der Waals surface area contributed by atoms with E-state index in [0.29, 0.717) is 18.0 Å².